The number of imidazole rings is 1. The lowest BCUT2D eigenvalue weighted by Crippen LogP contribution is -2.10. The summed E-state index contributed by atoms with van der Waals surface area (Å²) in [5.41, 5.74) is 1.67. The second kappa shape index (κ2) is 5.27. The van der Waals surface area contributed by atoms with E-state index in [2.05, 4.69) is 10.3 Å². The topological polar surface area (TPSA) is 76.6 Å². The van der Waals surface area contributed by atoms with Gasteiger partial charge in [-0.2, -0.15) is 0 Å². The summed E-state index contributed by atoms with van der Waals surface area (Å²) in [6.45, 7) is 0. The number of nitrogens with zero attached hydrogens (tertiary/aromatic N) is 2. The fraction of sp³-hybridized carbons (Fsp3) is 0. The van der Waals surface area contributed by atoms with Gasteiger partial charge in [-0.1, -0.05) is 0 Å². The highest BCUT2D eigenvalue weighted by atomic mass is 32.1. The van der Waals surface area contributed by atoms with Gasteiger partial charge in [-0.15, -0.1) is 22.7 Å². The first-order valence-corrected chi connectivity index (χ1v) is 9.07. The highest BCUT2D eigenvalue weighted by Gasteiger charge is 2.15. The van der Waals surface area contributed by atoms with Gasteiger partial charge in [0.15, 0.2) is 4.96 Å². The van der Waals surface area contributed by atoms with Gasteiger partial charge < -0.3 is 9.73 Å². The van der Waals surface area contributed by atoms with Crippen molar-refractivity contribution in [3.63, 3.8) is 0 Å². The number of fused-ring (bicyclic) bond motifs is 4. The van der Waals surface area contributed by atoms with Crippen LogP contribution in [-0.2, 0) is 0 Å². The molecule has 1 amide bonds. The van der Waals surface area contributed by atoms with Crippen molar-refractivity contribution in [3.8, 4) is 0 Å². The van der Waals surface area contributed by atoms with Crippen molar-refractivity contribution < 1.29 is 9.21 Å². The molecule has 4 aromatic heterocycles. The van der Waals surface area contributed by atoms with E-state index in [1.54, 1.807) is 35.6 Å². The van der Waals surface area contributed by atoms with Crippen LogP contribution in [0.4, 0.5) is 5.69 Å². The number of thiazole rings is 1. The van der Waals surface area contributed by atoms with Crippen molar-refractivity contribution >= 4 is 60.5 Å². The Morgan fingerprint density at radius 1 is 1.20 bits per heavy atom. The fourth-order valence-electron chi connectivity index (χ4n) is 2.70. The van der Waals surface area contributed by atoms with Crippen LogP contribution in [0.25, 0.3) is 26.3 Å². The Bertz CT molecular complexity index is 1330. The summed E-state index contributed by atoms with van der Waals surface area (Å²) < 4.78 is 7.07. The Labute approximate surface area is 148 Å². The maximum atomic E-state index is 12.5. The third-order valence-electron chi connectivity index (χ3n) is 3.84. The number of carbonyl (C=O) groups excluding carboxylic acids is 1. The van der Waals surface area contributed by atoms with Gasteiger partial charge in [0.25, 0.3) is 5.91 Å². The maximum absolute atomic E-state index is 12.5. The van der Waals surface area contributed by atoms with Gasteiger partial charge in [0.05, 0.1) is 10.4 Å². The Morgan fingerprint density at radius 2 is 2.12 bits per heavy atom. The molecule has 0 aliphatic heterocycles. The second-order valence-electron chi connectivity index (χ2n) is 5.43. The Morgan fingerprint density at radius 3 is 3.04 bits per heavy atom. The third kappa shape index (κ3) is 2.34. The number of rotatable bonds is 2. The zero-order valence-electron chi connectivity index (χ0n) is 12.6. The van der Waals surface area contributed by atoms with Crippen molar-refractivity contribution in [3.05, 3.63) is 63.3 Å². The molecule has 4 heterocycles. The highest BCUT2D eigenvalue weighted by molar-refractivity contribution is 7.21. The first-order chi connectivity index (χ1) is 12.2. The molecule has 0 bridgehead atoms. The Hall–Kier alpha value is -2.97. The first-order valence-electron chi connectivity index (χ1n) is 7.38. The van der Waals surface area contributed by atoms with Crippen LogP contribution >= 0.6 is 22.7 Å². The number of hydrogen-bond donors (Lipinski definition) is 1. The van der Waals surface area contributed by atoms with Gasteiger partial charge in [0, 0.05) is 28.7 Å². The van der Waals surface area contributed by atoms with Gasteiger partial charge in [-0.25, -0.2) is 9.78 Å². The predicted octanol–water partition coefficient (Wildman–Crippen LogP) is 3.97. The lowest BCUT2D eigenvalue weighted by molar-refractivity contribution is 0.103. The van der Waals surface area contributed by atoms with Gasteiger partial charge in [0.2, 0.25) is 0 Å². The molecular weight excluding hydrogens is 358 g/mol. The number of carbonyl (C=O) groups is 1. The average Bonchev–Trinajstić information content (AvgIpc) is 3.26. The molecule has 1 aromatic carbocycles. The number of amides is 1. The zero-order chi connectivity index (χ0) is 17.0. The van der Waals surface area contributed by atoms with Crippen LogP contribution in [0.5, 0.6) is 0 Å². The first kappa shape index (κ1) is 14.4. The summed E-state index contributed by atoms with van der Waals surface area (Å²) in [6.07, 6.45) is 1.95. The van der Waals surface area contributed by atoms with Gasteiger partial charge >= 0.3 is 5.63 Å². The number of thiophene rings is 1. The molecule has 8 heteroatoms. The van der Waals surface area contributed by atoms with Crippen LogP contribution in [0.3, 0.4) is 0 Å². The molecule has 5 rings (SSSR count). The molecule has 1 N–H and O–H groups in total. The summed E-state index contributed by atoms with van der Waals surface area (Å²) in [5.74, 6) is -0.191. The smallest absolute Gasteiger partial charge is 0.336 e. The third-order valence-corrected chi connectivity index (χ3v) is 5.61. The van der Waals surface area contributed by atoms with Gasteiger partial charge in [0.1, 0.15) is 10.4 Å². The summed E-state index contributed by atoms with van der Waals surface area (Å²) in [5, 5.41) is 5.59. The van der Waals surface area contributed by atoms with E-state index < -0.39 is 5.63 Å². The Balaban J connectivity index is 1.48. The van der Waals surface area contributed by atoms with Gasteiger partial charge in [-0.3, -0.25) is 9.20 Å². The van der Waals surface area contributed by atoms with Gasteiger partial charge in [-0.05, 0) is 30.3 Å². The lowest BCUT2D eigenvalue weighted by atomic mass is 10.2. The Kier molecular flexibility index (Phi) is 3.03. The number of nitrogens with one attached hydrogen (secondary N) is 1. The molecule has 25 heavy (non-hydrogen) atoms. The normalized spacial score (nSPS) is 11.5. The number of benzene rings is 1. The molecule has 0 aliphatic carbocycles. The van der Waals surface area contributed by atoms with Crippen molar-refractivity contribution in [2.75, 3.05) is 5.32 Å². The van der Waals surface area contributed by atoms with Crippen LogP contribution < -0.4 is 10.9 Å². The molecule has 122 valence electrons. The SMILES string of the molecule is O=C(Nc1ccc2oc(=O)ccc2c1)c1cc2c(nc3sccn32)s1. The van der Waals surface area contributed by atoms with Crippen LogP contribution in [0.2, 0.25) is 0 Å². The van der Waals surface area contributed by atoms with Crippen LogP contribution in [0.15, 0.2) is 57.2 Å². The molecule has 0 radical (unpaired) electrons. The monoisotopic (exact) mass is 367 g/mol. The molecule has 5 aromatic rings. The number of hydrogen-bond acceptors (Lipinski definition) is 6. The van der Waals surface area contributed by atoms with E-state index in [-0.39, 0.29) is 5.91 Å². The zero-order valence-corrected chi connectivity index (χ0v) is 14.2. The summed E-state index contributed by atoms with van der Waals surface area (Å²) >= 11 is 2.93. The maximum Gasteiger partial charge on any atom is 0.336 e. The number of anilines is 1. The minimum absolute atomic E-state index is 0.191. The van der Waals surface area contributed by atoms with E-state index in [1.807, 2.05) is 22.0 Å². The van der Waals surface area contributed by atoms with Crippen LogP contribution in [-0.4, -0.2) is 15.3 Å². The molecular formula is C17H9N3O3S2. The van der Waals surface area contributed by atoms with E-state index in [0.29, 0.717) is 16.1 Å². The van der Waals surface area contributed by atoms with E-state index in [1.165, 1.54) is 17.4 Å². The highest BCUT2D eigenvalue weighted by Crippen LogP contribution is 2.29. The largest absolute Gasteiger partial charge is 0.423 e. The van der Waals surface area contributed by atoms with E-state index in [0.717, 1.165) is 20.7 Å². The van der Waals surface area contributed by atoms with Crippen LogP contribution in [0, 0.1) is 0 Å². The molecule has 0 saturated heterocycles. The molecule has 0 aliphatic rings. The van der Waals surface area contributed by atoms with Crippen LogP contribution in [0.1, 0.15) is 9.67 Å². The quantitative estimate of drug-likeness (QED) is 0.479. The molecule has 0 spiro atoms. The average molecular weight is 367 g/mol. The summed E-state index contributed by atoms with van der Waals surface area (Å²) in [4.78, 5) is 30.6. The minimum atomic E-state index is -0.397. The summed E-state index contributed by atoms with van der Waals surface area (Å²) in [7, 11) is 0. The standard InChI is InChI=1S/C17H9N3O3S2/c21-14-4-1-9-7-10(2-3-12(9)23-14)18-15(22)13-8-11-16(25-13)19-17-20(11)5-6-24-17/h1-8H,(H,18,22). The predicted molar refractivity (Wildman–Crippen MR) is 98.9 cm³/mol. The summed E-state index contributed by atoms with van der Waals surface area (Å²) in [6, 6.07) is 10.0. The van der Waals surface area contributed by atoms with Crippen molar-refractivity contribution in [2.24, 2.45) is 0 Å². The molecule has 6 nitrogen and oxygen atoms in total. The molecule has 0 fully saturated rings. The number of aromatic nitrogens is 2. The van der Waals surface area contributed by atoms with Crippen molar-refractivity contribution in [1.82, 2.24) is 9.38 Å². The lowest BCUT2D eigenvalue weighted by Gasteiger charge is -2.04. The fourth-order valence-corrected chi connectivity index (χ4v) is 4.40. The molecule has 0 unspecified atom stereocenters. The second-order valence-corrected chi connectivity index (χ2v) is 7.33. The molecule has 0 atom stereocenters. The van der Waals surface area contributed by atoms with Crippen molar-refractivity contribution in [1.29, 1.82) is 0 Å². The molecule has 0 saturated carbocycles. The van der Waals surface area contributed by atoms with Crippen molar-refractivity contribution in [2.45, 2.75) is 0 Å². The van der Waals surface area contributed by atoms with E-state index in [9.17, 15) is 9.59 Å². The minimum Gasteiger partial charge on any atom is -0.423 e. The van der Waals surface area contributed by atoms with E-state index >= 15 is 0 Å². The van der Waals surface area contributed by atoms with E-state index in [4.69, 9.17) is 4.42 Å².